The Morgan fingerprint density at radius 2 is 2.44 bits per heavy atom. The minimum Gasteiger partial charge on any atom is -0.425 e. The number of carbonyl (C=O) groups is 1. The van der Waals surface area contributed by atoms with E-state index in [1.807, 2.05) is 0 Å². The number of ether oxygens (including phenoxy) is 2. The van der Waals surface area contributed by atoms with Gasteiger partial charge < -0.3 is 14.8 Å². The van der Waals surface area contributed by atoms with Crippen LogP contribution in [0.1, 0.15) is 19.8 Å². The molecule has 16 heavy (non-hydrogen) atoms. The summed E-state index contributed by atoms with van der Waals surface area (Å²) in [5, 5.41) is 3.07. The Morgan fingerprint density at radius 3 is 3.06 bits per heavy atom. The number of hydrogen-bond acceptors (Lipinski definition) is 4. The lowest BCUT2D eigenvalue weighted by Gasteiger charge is -2.14. The van der Waals surface area contributed by atoms with Crippen molar-refractivity contribution in [2.24, 2.45) is 0 Å². The molecule has 4 nitrogen and oxygen atoms in total. The normalized spacial score (nSPS) is 19.6. The molecule has 1 heterocycles. The van der Waals surface area contributed by atoms with Gasteiger partial charge in [-0.25, -0.2) is 4.79 Å². The van der Waals surface area contributed by atoms with E-state index < -0.39 is 12.3 Å². The number of cyclic esters (lactones) is 1. The van der Waals surface area contributed by atoms with E-state index in [1.54, 1.807) is 0 Å². The predicted molar refractivity (Wildman–Crippen MR) is 60.5 cm³/mol. The van der Waals surface area contributed by atoms with E-state index in [2.05, 4.69) is 18.2 Å². The summed E-state index contributed by atoms with van der Waals surface area (Å²) >= 11 is 5.79. The molecule has 0 aromatic heterocycles. The van der Waals surface area contributed by atoms with Gasteiger partial charge >= 0.3 is 5.97 Å². The summed E-state index contributed by atoms with van der Waals surface area (Å²) in [6.45, 7) is 2.86. The van der Waals surface area contributed by atoms with Crippen molar-refractivity contribution in [3.05, 3.63) is 10.7 Å². The third-order valence-electron chi connectivity index (χ3n) is 2.03. The summed E-state index contributed by atoms with van der Waals surface area (Å²) in [6, 6.07) is 0. The molecule has 0 bridgehead atoms. The van der Waals surface area contributed by atoms with Crippen LogP contribution in [-0.4, -0.2) is 25.4 Å². The Balaban J connectivity index is 2.58. The van der Waals surface area contributed by atoms with Crippen LogP contribution in [0.4, 0.5) is 0 Å². The predicted octanol–water partition coefficient (Wildman–Crippen LogP) is 1.36. The molecule has 0 aromatic rings. The summed E-state index contributed by atoms with van der Waals surface area (Å²) in [4.78, 5) is 11.2. The van der Waals surface area contributed by atoms with Crippen molar-refractivity contribution in [2.75, 3.05) is 13.2 Å². The molecule has 0 aliphatic carbocycles. The van der Waals surface area contributed by atoms with Crippen molar-refractivity contribution in [1.29, 1.82) is 0 Å². The quantitative estimate of drug-likeness (QED) is 0.435. The molecule has 0 fully saturated rings. The maximum absolute atomic E-state index is 11.2. The second-order valence-corrected chi connectivity index (χ2v) is 3.64. The minimum atomic E-state index is -0.798. The number of esters is 1. The molecule has 0 spiro atoms. The number of nitrogens with one attached hydrogen (secondary N) is 1. The van der Waals surface area contributed by atoms with Crippen LogP contribution < -0.4 is 5.32 Å². The van der Waals surface area contributed by atoms with Crippen LogP contribution in [-0.2, 0) is 14.3 Å². The number of halogens is 1. The maximum Gasteiger partial charge on any atom is 0.354 e. The molecule has 0 saturated heterocycles. The highest BCUT2D eigenvalue weighted by atomic mass is 35.5. The first-order valence-electron chi connectivity index (χ1n) is 5.10. The van der Waals surface area contributed by atoms with Gasteiger partial charge in [-0.2, -0.15) is 0 Å². The lowest BCUT2D eigenvalue weighted by Crippen LogP contribution is -2.26. The summed E-state index contributed by atoms with van der Waals surface area (Å²) in [5.41, 5.74) is 0.468. The second kappa shape index (κ2) is 6.41. The van der Waals surface area contributed by atoms with Crippen molar-refractivity contribution in [1.82, 2.24) is 5.32 Å². The number of unbranched alkanes of at least 4 members (excludes halogenated alkanes) is 1. The topological polar surface area (TPSA) is 47.6 Å². The first-order chi connectivity index (χ1) is 7.70. The summed E-state index contributed by atoms with van der Waals surface area (Å²) in [7, 11) is 0. The molecule has 1 aliphatic heterocycles. The van der Waals surface area contributed by atoms with Gasteiger partial charge in [-0.05, 0) is 6.42 Å². The average molecular weight is 244 g/mol. The van der Waals surface area contributed by atoms with Crippen molar-refractivity contribution in [3.63, 3.8) is 0 Å². The summed E-state index contributed by atoms with van der Waals surface area (Å²) in [6.07, 6.45) is 6.28. The SMILES string of the molecule is C#CCOC1OC(=O)C(Cl)=C1NCCCC. The van der Waals surface area contributed by atoms with Crippen molar-refractivity contribution in [3.8, 4) is 12.3 Å². The molecule has 0 radical (unpaired) electrons. The van der Waals surface area contributed by atoms with Crippen LogP contribution in [0.15, 0.2) is 10.7 Å². The number of rotatable bonds is 6. The fraction of sp³-hybridized carbons (Fsp3) is 0.545. The zero-order chi connectivity index (χ0) is 12.0. The molecule has 0 saturated carbocycles. The van der Waals surface area contributed by atoms with Gasteiger partial charge in [0.2, 0.25) is 6.29 Å². The van der Waals surface area contributed by atoms with E-state index in [4.69, 9.17) is 27.5 Å². The maximum atomic E-state index is 11.2. The molecule has 1 rings (SSSR count). The van der Waals surface area contributed by atoms with Crippen molar-refractivity contribution < 1.29 is 14.3 Å². The molecule has 88 valence electrons. The van der Waals surface area contributed by atoms with Crippen LogP contribution in [0.2, 0.25) is 0 Å². The Hall–Kier alpha value is -1.18. The molecule has 1 atom stereocenters. The molecule has 0 amide bonds. The Bertz CT molecular complexity index is 333. The fourth-order valence-electron chi connectivity index (χ4n) is 1.22. The first-order valence-corrected chi connectivity index (χ1v) is 5.48. The van der Waals surface area contributed by atoms with E-state index in [9.17, 15) is 4.79 Å². The highest BCUT2D eigenvalue weighted by Gasteiger charge is 2.33. The number of carbonyl (C=O) groups excluding carboxylic acids is 1. The Kier molecular flexibility index (Phi) is 5.17. The van der Waals surface area contributed by atoms with Gasteiger partial charge in [-0.1, -0.05) is 30.9 Å². The van der Waals surface area contributed by atoms with E-state index >= 15 is 0 Å². The zero-order valence-corrected chi connectivity index (χ0v) is 9.84. The van der Waals surface area contributed by atoms with Crippen LogP contribution in [0.25, 0.3) is 0 Å². The zero-order valence-electron chi connectivity index (χ0n) is 9.09. The molecule has 1 aliphatic rings. The van der Waals surface area contributed by atoms with Crippen molar-refractivity contribution >= 4 is 17.6 Å². The molecular formula is C11H14ClNO3. The van der Waals surface area contributed by atoms with Gasteiger partial charge in [-0.3, -0.25) is 0 Å². The molecule has 1 unspecified atom stereocenters. The Morgan fingerprint density at radius 1 is 1.69 bits per heavy atom. The highest BCUT2D eigenvalue weighted by Crippen LogP contribution is 2.24. The molecular weight excluding hydrogens is 230 g/mol. The molecule has 5 heteroatoms. The van der Waals surface area contributed by atoms with E-state index in [1.165, 1.54) is 0 Å². The minimum absolute atomic E-state index is 0.0399. The largest absolute Gasteiger partial charge is 0.425 e. The lowest BCUT2D eigenvalue weighted by molar-refractivity contribution is -0.158. The smallest absolute Gasteiger partial charge is 0.354 e. The lowest BCUT2D eigenvalue weighted by atomic mass is 10.3. The van der Waals surface area contributed by atoms with Crippen molar-refractivity contribution in [2.45, 2.75) is 26.1 Å². The van der Waals surface area contributed by atoms with Crippen LogP contribution >= 0.6 is 11.6 Å². The van der Waals surface area contributed by atoms with Gasteiger partial charge in [0.25, 0.3) is 0 Å². The third kappa shape index (κ3) is 3.16. The van der Waals surface area contributed by atoms with E-state index in [-0.39, 0.29) is 11.6 Å². The van der Waals surface area contributed by atoms with Gasteiger partial charge in [0.05, 0.1) is 0 Å². The van der Waals surface area contributed by atoms with Crippen LogP contribution in [0.5, 0.6) is 0 Å². The molecule has 1 N–H and O–H groups in total. The first kappa shape index (κ1) is 12.9. The van der Waals surface area contributed by atoms with Gasteiger partial charge in [0.1, 0.15) is 12.3 Å². The van der Waals surface area contributed by atoms with Crippen LogP contribution in [0, 0.1) is 12.3 Å². The number of hydrogen-bond donors (Lipinski definition) is 1. The monoisotopic (exact) mass is 243 g/mol. The van der Waals surface area contributed by atoms with Gasteiger partial charge in [-0.15, -0.1) is 6.42 Å². The van der Waals surface area contributed by atoms with Crippen LogP contribution in [0.3, 0.4) is 0 Å². The molecule has 0 aromatic carbocycles. The summed E-state index contributed by atoms with van der Waals surface area (Å²) < 4.78 is 10.0. The standard InChI is InChI=1S/C11H14ClNO3/c1-3-5-6-13-9-8(12)10(14)16-11(9)15-7-4-2/h2,11,13H,3,5-7H2,1H3. The second-order valence-electron chi connectivity index (χ2n) is 3.26. The van der Waals surface area contributed by atoms with E-state index in [0.29, 0.717) is 12.2 Å². The fourth-order valence-corrected chi connectivity index (χ4v) is 1.42. The van der Waals surface area contributed by atoms with Gasteiger partial charge in [0, 0.05) is 6.54 Å². The average Bonchev–Trinajstić information content (AvgIpc) is 2.54. The highest BCUT2D eigenvalue weighted by molar-refractivity contribution is 6.42. The Labute approximate surface area is 99.9 Å². The van der Waals surface area contributed by atoms with E-state index in [0.717, 1.165) is 12.8 Å². The van der Waals surface area contributed by atoms with Gasteiger partial charge in [0.15, 0.2) is 5.03 Å². The summed E-state index contributed by atoms with van der Waals surface area (Å²) in [5.74, 6) is 1.72. The third-order valence-corrected chi connectivity index (χ3v) is 2.39. The number of terminal acetylenes is 1.